The van der Waals surface area contributed by atoms with Gasteiger partial charge in [-0.3, -0.25) is 9.69 Å². The minimum absolute atomic E-state index is 0.00274. The molecule has 27 heavy (non-hydrogen) atoms. The van der Waals surface area contributed by atoms with Crippen LogP contribution in [0.5, 0.6) is 11.5 Å². The van der Waals surface area contributed by atoms with Crippen molar-refractivity contribution < 1.29 is 19.0 Å². The minimum Gasteiger partial charge on any atom is -0.493 e. The Labute approximate surface area is 164 Å². The lowest BCUT2D eigenvalue weighted by molar-refractivity contribution is -0.120. The number of methoxy groups -OCH3 is 2. The van der Waals surface area contributed by atoms with Crippen LogP contribution >= 0.6 is 11.3 Å². The van der Waals surface area contributed by atoms with Crippen LogP contribution in [-0.4, -0.2) is 57.9 Å². The van der Waals surface area contributed by atoms with E-state index in [1.54, 1.807) is 25.6 Å². The van der Waals surface area contributed by atoms with Gasteiger partial charge in [-0.25, -0.2) is 0 Å². The molecule has 0 unspecified atom stereocenters. The first kappa shape index (κ1) is 19.7. The molecule has 2 aromatic rings. The third-order valence-corrected chi connectivity index (χ3v) is 5.64. The predicted molar refractivity (Wildman–Crippen MR) is 106 cm³/mol. The van der Waals surface area contributed by atoms with Gasteiger partial charge in [-0.1, -0.05) is 12.1 Å². The van der Waals surface area contributed by atoms with Crippen LogP contribution in [-0.2, 0) is 16.0 Å². The van der Waals surface area contributed by atoms with Crippen LogP contribution in [0.3, 0.4) is 0 Å². The maximum atomic E-state index is 12.5. The highest BCUT2D eigenvalue weighted by Crippen LogP contribution is 2.28. The Morgan fingerprint density at radius 2 is 2.00 bits per heavy atom. The van der Waals surface area contributed by atoms with Gasteiger partial charge in [-0.05, 0) is 29.1 Å². The quantitative estimate of drug-likeness (QED) is 0.751. The van der Waals surface area contributed by atoms with Gasteiger partial charge in [0.1, 0.15) is 0 Å². The van der Waals surface area contributed by atoms with Crippen LogP contribution in [0.2, 0.25) is 0 Å². The van der Waals surface area contributed by atoms with Gasteiger partial charge in [0.25, 0.3) is 0 Å². The van der Waals surface area contributed by atoms with Gasteiger partial charge < -0.3 is 19.5 Å². The molecular weight excluding hydrogens is 364 g/mol. The summed E-state index contributed by atoms with van der Waals surface area (Å²) in [7, 11) is 3.19. The van der Waals surface area contributed by atoms with Crippen LogP contribution in [0.25, 0.3) is 0 Å². The fourth-order valence-corrected chi connectivity index (χ4v) is 4.09. The molecule has 3 rings (SSSR count). The van der Waals surface area contributed by atoms with Crippen molar-refractivity contribution in [1.82, 2.24) is 10.2 Å². The Hall–Kier alpha value is -2.09. The molecule has 1 aromatic carbocycles. The monoisotopic (exact) mass is 390 g/mol. The molecule has 1 amide bonds. The number of hydrogen-bond donors (Lipinski definition) is 1. The van der Waals surface area contributed by atoms with E-state index in [-0.39, 0.29) is 11.9 Å². The number of thiophene rings is 1. The van der Waals surface area contributed by atoms with E-state index in [0.29, 0.717) is 24.5 Å². The summed E-state index contributed by atoms with van der Waals surface area (Å²) in [6.07, 6.45) is 0.306. The van der Waals surface area contributed by atoms with Crippen LogP contribution in [0.15, 0.2) is 35.7 Å². The summed E-state index contributed by atoms with van der Waals surface area (Å²) < 4.78 is 16.0. The fourth-order valence-electron chi connectivity index (χ4n) is 3.23. The standard InChI is InChI=1S/C20H26N2O4S/c1-24-17-6-5-15(12-18(17)25-2)13-20(23)21-14-16(19-4-3-11-27-19)22-7-9-26-10-8-22/h3-6,11-12,16H,7-10,13-14H2,1-2H3,(H,21,23)/t16-/m1/s1. The van der Waals surface area contributed by atoms with Crippen molar-refractivity contribution in [3.63, 3.8) is 0 Å². The van der Waals surface area contributed by atoms with Crippen molar-refractivity contribution in [3.05, 3.63) is 46.2 Å². The summed E-state index contributed by atoms with van der Waals surface area (Å²) in [5, 5.41) is 5.17. The molecule has 0 bridgehead atoms. The zero-order valence-electron chi connectivity index (χ0n) is 15.8. The molecule has 1 fully saturated rings. The Kier molecular flexibility index (Phi) is 7.09. The van der Waals surface area contributed by atoms with Crippen molar-refractivity contribution in [3.8, 4) is 11.5 Å². The molecule has 0 saturated carbocycles. The van der Waals surface area contributed by atoms with E-state index in [1.165, 1.54) is 4.88 Å². The van der Waals surface area contributed by atoms with E-state index in [1.807, 2.05) is 18.2 Å². The molecule has 7 heteroatoms. The molecule has 1 aliphatic heterocycles. The Balaban J connectivity index is 1.60. The second-order valence-electron chi connectivity index (χ2n) is 6.35. The third-order valence-electron chi connectivity index (χ3n) is 4.66. The predicted octanol–water partition coefficient (Wildman–Crippen LogP) is 2.50. The molecule has 0 aliphatic carbocycles. The van der Waals surface area contributed by atoms with Crippen molar-refractivity contribution >= 4 is 17.2 Å². The average molecular weight is 391 g/mol. The number of nitrogens with one attached hydrogen (secondary N) is 1. The van der Waals surface area contributed by atoms with E-state index in [9.17, 15) is 4.79 Å². The molecular formula is C20H26N2O4S. The molecule has 1 saturated heterocycles. The molecule has 0 spiro atoms. The normalized spacial score (nSPS) is 15.9. The maximum Gasteiger partial charge on any atom is 0.224 e. The maximum absolute atomic E-state index is 12.5. The summed E-state index contributed by atoms with van der Waals surface area (Å²) in [6, 6.07) is 9.92. The topological polar surface area (TPSA) is 60.0 Å². The summed E-state index contributed by atoms with van der Waals surface area (Å²) in [6.45, 7) is 3.83. The number of hydrogen-bond acceptors (Lipinski definition) is 6. The number of amides is 1. The van der Waals surface area contributed by atoms with Crippen LogP contribution < -0.4 is 14.8 Å². The zero-order valence-corrected chi connectivity index (χ0v) is 16.6. The summed E-state index contributed by atoms with van der Waals surface area (Å²) in [5.74, 6) is 1.29. The lowest BCUT2D eigenvalue weighted by Gasteiger charge is -2.34. The van der Waals surface area contributed by atoms with Gasteiger partial charge in [0.2, 0.25) is 5.91 Å². The smallest absolute Gasteiger partial charge is 0.224 e. The number of morpholine rings is 1. The van der Waals surface area contributed by atoms with Crippen molar-refractivity contribution in [2.24, 2.45) is 0 Å². The van der Waals surface area contributed by atoms with E-state index >= 15 is 0 Å². The number of carbonyl (C=O) groups excluding carboxylic acids is 1. The van der Waals surface area contributed by atoms with Gasteiger partial charge in [-0.2, -0.15) is 0 Å². The van der Waals surface area contributed by atoms with Crippen molar-refractivity contribution in [1.29, 1.82) is 0 Å². The lowest BCUT2D eigenvalue weighted by Crippen LogP contribution is -2.43. The number of nitrogens with zero attached hydrogens (tertiary/aromatic N) is 1. The summed E-state index contributed by atoms with van der Waals surface area (Å²) in [5.41, 5.74) is 0.893. The van der Waals surface area contributed by atoms with Gasteiger partial charge in [0.15, 0.2) is 11.5 Å². The van der Waals surface area contributed by atoms with Crippen LogP contribution in [0, 0.1) is 0 Å². The first-order chi connectivity index (χ1) is 13.2. The number of carbonyl (C=O) groups is 1. The number of benzene rings is 1. The lowest BCUT2D eigenvalue weighted by atomic mass is 10.1. The molecule has 1 atom stereocenters. The van der Waals surface area contributed by atoms with Crippen LogP contribution in [0.1, 0.15) is 16.5 Å². The van der Waals surface area contributed by atoms with E-state index < -0.39 is 0 Å². The SMILES string of the molecule is COc1ccc(CC(=O)NC[C@H](c2cccs2)N2CCOCC2)cc1OC. The van der Waals surface area contributed by atoms with Gasteiger partial charge in [-0.15, -0.1) is 11.3 Å². The molecule has 1 aliphatic rings. The number of rotatable bonds is 8. The van der Waals surface area contributed by atoms with E-state index in [4.69, 9.17) is 14.2 Å². The fraction of sp³-hybridized carbons (Fsp3) is 0.450. The Morgan fingerprint density at radius 1 is 1.22 bits per heavy atom. The molecule has 2 heterocycles. The molecule has 1 N–H and O–H groups in total. The largest absolute Gasteiger partial charge is 0.493 e. The zero-order chi connectivity index (χ0) is 19.1. The highest BCUT2D eigenvalue weighted by molar-refractivity contribution is 7.10. The summed E-state index contributed by atoms with van der Waals surface area (Å²) in [4.78, 5) is 16.1. The summed E-state index contributed by atoms with van der Waals surface area (Å²) >= 11 is 1.73. The highest BCUT2D eigenvalue weighted by Gasteiger charge is 2.24. The van der Waals surface area contributed by atoms with Crippen molar-refractivity contribution in [2.75, 3.05) is 47.1 Å². The molecule has 6 nitrogen and oxygen atoms in total. The second kappa shape index (κ2) is 9.73. The Morgan fingerprint density at radius 3 is 2.67 bits per heavy atom. The van der Waals surface area contributed by atoms with E-state index in [0.717, 1.165) is 31.9 Å². The third kappa shape index (κ3) is 5.22. The molecule has 1 aromatic heterocycles. The first-order valence-corrected chi connectivity index (χ1v) is 9.92. The average Bonchev–Trinajstić information content (AvgIpc) is 3.23. The van der Waals surface area contributed by atoms with Gasteiger partial charge >= 0.3 is 0 Å². The Bertz CT molecular complexity index is 730. The van der Waals surface area contributed by atoms with Crippen LogP contribution in [0.4, 0.5) is 0 Å². The van der Waals surface area contributed by atoms with Gasteiger partial charge in [0, 0.05) is 24.5 Å². The second-order valence-corrected chi connectivity index (χ2v) is 7.33. The first-order valence-electron chi connectivity index (χ1n) is 9.04. The van der Waals surface area contributed by atoms with Gasteiger partial charge in [0.05, 0.1) is 39.9 Å². The highest BCUT2D eigenvalue weighted by atomic mass is 32.1. The number of ether oxygens (including phenoxy) is 3. The molecule has 0 radical (unpaired) electrons. The minimum atomic E-state index is -0.00274. The van der Waals surface area contributed by atoms with E-state index in [2.05, 4.69) is 27.7 Å². The molecule has 146 valence electrons. The van der Waals surface area contributed by atoms with Crippen molar-refractivity contribution in [2.45, 2.75) is 12.5 Å².